The lowest BCUT2D eigenvalue weighted by Gasteiger charge is -2.04. The number of imidazole rings is 1. The van der Waals surface area contributed by atoms with Crippen molar-refractivity contribution in [2.24, 2.45) is 0 Å². The lowest BCUT2D eigenvalue weighted by atomic mass is 10.2. The highest BCUT2D eigenvalue weighted by molar-refractivity contribution is 6.30. The maximum absolute atomic E-state index is 8.75. The van der Waals surface area contributed by atoms with Gasteiger partial charge in [0.2, 0.25) is 0 Å². The van der Waals surface area contributed by atoms with E-state index >= 15 is 0 Å². The first kappa shape index (κ1) is 14.4. The molecule has 0 atom stereocenters. The minimum Gasteiger partial charge on any atom is -0.379 e. The molecule has 0 saturated heterocycles. The van der Waals surface area contributed by atoms with E-state index in [9.17, 15) is 0 Å². The van der Waals surface area contributed by atoms with E-state index in [1.807, 2.05) is 12.1 Å². The smallest absolute Gasteiger partial charge is 0.152 e. The summed E-state index contributed by atoms with van der Waals surface area (Å²) >= 11 is 6.11. The number of rotatable bonds is 6. The van der Waals surface area contributed by atoms with Gasteiger partial charge in [-0.25, -0.2) is 4.98 Å². The van der Waals surface area contributed by atoms with Crippen molar-refractivity contribution in [1.29, 1.82) is 5.26 Å². The molecule has 2 aromatic rings. The van der Waals surface area contributed by atoms with E-state index in [4.69, 9.17) is 16.9 Å². The summed E-state index contributed by atoms with van der Waals surface area (Å²) in [6.07, 6.45) is 3.16. The van der Waals surface area contributed by atoms with Crippen molar-refractivity contribution in [3.8, 4) is 6.07 Å². The molecule has 1 heterocycles. The van der Waals surface area contributed by atoms with Crippen LogP contribution in [0.4, 0.5) is 5.69 Å². The molecule has 0 fully saturated rings. The molecule has 1 aromatic heterocycles. The van der Waals surface area contributed by atoms with Gasteiger partial charge in [0.15, 0.2) is 5.15 Å². The van der Waals surface area contributed by atoms with Crippen LogP contribution in [0.15, 0.2) is 24.3 Å². The molecular weight excluding hydrogens is 272 g/mol. The van der Waals surface area contributed by atoms with Crippen LogP contribution in [0.2, 0.25) is 5.15 Å². The van der Waals surface area contributed by atoms with E-state index in [0.717, 1.165) is 36.5 Å². The Morgan fingerprint density at radius 1 is 1.35 bits per heavy atom. The van der Waals surface area contributed by atoms with Crippen LogP contribution in [-0.2, 0) is 13.0 Å². The highest BCUT2D eigenvalue weighted by atomic mass is 35.5. The number of anilines is 1. The van der Waals surface area contributed by atoms with Crippen LogP contribution in [0, 0.1) is 11.3 Å². The molecule has 0 unspecified atom stereocenters. The Balaban J connectivity index is 1.96. The Bertz CT molecular complexity index is 595. The SMILES string of the molecule is CCCCc1nc(Cl)c(CNc2ccc(C#N)cc2)[nH]1. The largest absolute Gasteiger partial charge is 0.379 e. The van der Waals surface area contributed by atoms with Gasteiger partial charge in [0.1, 0.15) is 5.82 Å². The number of halogens is 1. The monoisotopic (exact) mass is 288 g/mol. The summed E-state index contributed by atoms with van der Waals surface area (Å²) in [7, 11) is 0. The summed E-state index contributed by atoms with van der Waals surface area (Å²) in [6, 6.07) is 9.41. The Kier molecular flexibility index (Phi) is 5.03. The lowest BCUT2D eigenvalue weighted by molar-refractivity contribution is 0.760. The Morgan fingerprint density at radius 3 is 2.75 bits per heavy atom. The first-order chi connectivity index (χ1) is 9.72. The molecule has 0 aliphatic carbocycles. The zero-order valence-electron chi connectivity index (χ0n) is 11.4. The van der Waals surface area contributed by atoms with Crippen molar-refractivity contribution in [1.82, 2.24) is 9.97 Å². The van der Waals surface area contributed by atoms with Gasteiger partial charge in [0.25, 0.3) is 0 Å². The van der Waals surface area contributed by atoms with Crippen molar-refractivity contribution in [3.05, 3.63) is 46.5 Å². The number of aromatic amines is 1. The molecular formula is C15H17ClN4. The third-order valence-electron chi connectivity index (χ3n) is 3.03. The summed E-state index contributed by atoms with van der Waals surface area (Å²) in [4.78, 5) is 7.57. The minimum absolute atomic E-state index is 0.525. The summed E-state index contributed by atoms with van der Waals surface area (Å²) in [6.45, 7) is 2.74. The number of nitriles is 1. The van der Waals surface area contributed by atoms with Crippen LogP contribution in [0.5, 0.6) is 0 Å². The van der Waals surface area contributed by atoms with Crippen LogP contribution < -0.4 is 5.32 Å². The Hall–Kier alpha value is -1.99. The fourth-order valence-corrected chi connectivity index (χ4v) is 2.09. The molecule has 2 rings (SSSR count). The number of hydrogen-bond acceptors (Lipinski definition) is 3. The molecule has 2 N–H and O–H groups in total. The van der Waals surface area contributed by atoms with Crippen LogP contribution in [0.1, 0.15) is 36.8 Å². The van der Waals surface area contributed by atoms with E-state index in [2.05, 4.69) is 28.3 Å². The summed E-state index contributed by atoms with van der Waals surface area (Å²) in [5.41, 5.74) is 2.49. The van der Waals surface area contributed by atoms with Crippen LogP contribution in [0.25, 0.3) is 0 Å². The van der Waals surface area contributed by atoms with Crippen LogP contribution >= 0.6 is 11.6 Å². The summed E-state index contributed by atoms with van der Waals surface area (Å²) in [5, 5.41) is 12.5. The van der Waals surface area contributed by atoms with Gasteiger partial charge in [-0.15, -0.1) is 0 Å². The first-order valence-electron chi connectivity index (χ1n) is 6.70. The van der Waals surface area contributed by atoms with Crippen molar-refractivity contribution < 1.29 is 0 Å². The fraction of sp³-hybridized carbons (Fsp3) is 0.333. The Labute approximate surface area is 123 Å². The van der Waals surface area contributed by atoms with E-state index in [0.29, 0.717) is 17.3 Å². The zero-order chi connectivity index (χ0) is 14.4. The average molecular weight is 289 g/mol. The molecule has 0 spiro atoms. The van der Waals surface area contributed by atoms with E-state index in [-0.39, 0.29) is 0 Å². The molecule has 4 nitrogen and oxygen atoms in total. The van der Waals surface area contributed by atoms with Crippen molar-refractivity contribution in [2.75, 3.05) is 5.32 Å². The molecule has 104 valence electrons. The molecule has 0 aliphatic heterocycles. The third-order valence-corrected chi connectivity index (χ3v) is 3.34. The highest BCUT2D eigenvalue weighted by Crippen LogP contribution is 2.16. The van der Waals surface area contributed by atoms with Gasteiger partial charge >= 0.3 is 0 Å². The van der Waals surface area contributed by atoms with Gasteiger partial charge in [0, 0.05) is 12.1 Å². The summed E-state index contributed by atoms with van der Waals surface area (Å²) in [5.74, 6) is 0.938. The second kappa shape index (κ2) is 6.97. The molecule has 1 aromatic carbocycles. The minimum atomic E-state index is 0.525. The Morgan fingerprint density at radius 2 is 2.10 bits per heavy atom. The van der Waals surface area contributed by atoms with Crippen molar-refractivity contribution in [3.63, 3.8) is 0 Å². The van der Waals surface area contributed by atoms with Crippen LogP contribution in [0.3, 0.4) is 0 Å². The second-order valence-electron chi connectivity index (χ2n) is 4.60. The van der Waals surface area contributed by atoms with Crippen molar-refractivity contribution >= 4 is 17.3 Å². The van der Waals surface area contributed by atoms with Gasteiger partial charge < -0.3 is 10.3 Å². The quantitative estimate of drug-likeness (QED) is 0.847. The topological polar surface area (TPSA) is 64.5 Å². The van der Waals surface area contributed by atoms with Crippen LogP contribution in [-0.4, -0.2) is 9.97 Å². The average Bonchev–Trinajstić information content (AvgIpc) is 2.83. The molecule has 0 aliphatic rings. The third kappa shape index (κ3) is 3.75. The number of unbranched alkanes of at least 4 members (excludes halogenated alkanes) is 1. The molecule has 0 bridgehead atoms. The molecule has 0 saturated carbocycles. The van der Waals surface area contributed by atoms with E-state index < -0.39 is 0 Å². The first-order valence-corrected chi connectivity index (χ1v) is 7.08. The maximum Gasteiger partial charge on any atom is 0.152 e. The predicted molar refractivity (Wildman–Crippen MR) is 80.7 cm³/mol. The number of H-pyrrole nitrogens is 1. The number of hydrogen-bond donors (Lipinski definition) is 2. The standard InChI is InChI=1S/C15H17ClN4/c1-2-3-4-14-19-13(15(16)20-14)10-18-12-7-5-11(9-17)6-8-12/h5-8,18H,2-4,10H2,1H3,(H,19,20). The van der Waals surface area contributed by atoms with Gasteiger partial charge in [-0.05, 0) is 30.7 Å². The van der Waals surface area contributed by atoms with E-state index in [1.165, 1.54) is 0 Å². The molecule has 0 radical (unpaired) electrons. The number of benzene rings is 1. The predicted octanol–water partition coefficient (Wildman–Crippen LogP) is 3.89. The fourth-order valence-electron chi connectivity index (χ4n) is 1.87. The molecule has 0 amide bonds. The number of nitrogens with one attached hydrogen (secondary N) is 2. The lowest BCUT2D eigenvalue weighted by Crippen LogP contribution is -2.00. The number of aromatic nitrogens is 2. The van der Waals surface area contributed by atoms with Gasteiger partial charge in [-0.1, -0.05) is 24.9 Å². The van der Waals surface area contributed by atoms with Gasteiger partial charge in [-0.3, -0.25) is 0 Å². The molecule has 20 heavy (non-hydrogen) atoms. The maximum atomic E-state index is 8.75. The normalized spacial score (nSPS) is 10.2. The number of nitrogens with zero attached hydrogens (tertiary/aromatic N) is 2. The second-order valence-corrected chi connectivity index (χ2v) is 4.96. The molecule has 5 heteroatoms. The van der Waals surface area contributed by atoms with Gasteiger partial charge in [0.05, 0.1) is 23.9 Å². The zero-order valence-corrected chi connectivity index (χ0v) is 12.2. The van der Waals surface area contributed by atoms with Crippen molar-refractivity contribution in [2.45, 2.75) is 32.7 Å². The van der Waals surface area contributed by atoms with Gasteiger partial charge in [-0.2, -0.15) is 5.26 Å². The summed E-state index contributed by atoms with van der Waals surface area (Å²) < 4.78 is 0. The van der Waals surface area contributed by atoms with E-state index in [1.54, 1.807) is 12.1 Å². The number of aryl methyl sites for hydroxylation is 1. The highest BCUT2D eigenvalue weighted by Gasteiger charge is 2.07.